The van der Waals surface area contributed by atoms with Crippen LogP contribution in [-0.2, 0) is 0 Å². The van der Waals surface area contributed by atoms with Gasteiger partial charge in [0.25, 0.3) is 0 Å². The molecule has 0 unspecified atom stereocenters. The molecule has 122 valence electrons. The Morgan fingerprint density at radius 1 is 1.17 bits per heavy atom. The van der Waals surface area contributed by atoms with Gasteiger partial charge < -0.3 is 14.9 Å². The molecule has 2 aromatic rings. The Labute approximate surface area is 143 Å². The fourth-order valence-electron chi connectivity index (χ4n) is 2.60. The molecule has 1 aromatic heterocycles. The summed E-state index contributed by atoms with van der Waals surface area (Å²) in [4.78, 5) is 23.1. The van der Waals surface area contributed by atoms with Crippen LogP contribution in [0.1, 0.15) is 16.1 Å². The van der Waals surface area contributed by atoms with Gasteiger partial charge in [-0.2, -0.15) is 5.26 Å². The number of piperazine rings is 1. The third-order valence-electron chi connectivity index (χ3n) is 3.88. The number of rotatable bonds is 3. The maximum atomic E-state index is 10.8. The molecule has 1 aromatic carbocycles. The van der Waals surface area contributed by atoms with Gasteiger partial charge in [0.05, 0.1) is 34.7 Å². The molecule has 0 amide bonds. The van der Waals surface area contributed by atoms with Crippen LogP contribution < -0.4 is 9.80 Å². The van der Waals surface area contributed by atoms with Crippen molar-refractivity contribution in [2.24, 2.45) is 0 Å². The summed E-state index contributed by atoms with van der Waals surface area (Å²) in [5.41, 5.74) is 1.38. The Morgan fingerprint density at radius 2 is 1.88 bits per heavy atom. The molecule has 8 heteroatoms. The number of carboxylic acid groups (broad SMARTS) is 1. The van der Waals surface area contributed by atoms with Crippen molar-refractivity contribution in [3.05, 3.63) is 46.9 Å². The maximum Gasteiger partial charge on any atom is 0.356 e. The average molecular weight is 344 g/mol. The molecule has 1 aliphatic rings. The number of halogens is 1. The summed E-state index contributed by atoms with van der Waals surface area (Å²) in [7, 11) is 0. The van der Waals surface area contributed by atoms with Crippen molar-refractivity contribution in [1.29, 1.82) is 5.26 Å². The Bertz CT molecular complexity index is 795. The summed E-state index contributed by atoms with van der Waals surface area (Å²) in [6, 6.07) is 7.35. The van der Waals surface area contributed by atoms with E-state index in [2.05, 4.69) is 20.9 Å². The first-order valence-corrected chi connectivity index (χ1v) is 7.71. The molecule has 1 fully saturated rings. The number of aromatic carboxylic acids is 1. The van der Waals surface area contributed by atoms with E-state index in [9.17, 15) is 4.79 Å². The number of hydrogen-bond acceptors (Lipinski definition) is 6. The molecule has 7 nitrogen and oxygen atoms in total. The molecule has 24 heavy (non-hydrogen) atoms. The second-order valence-corrected chi connectivity index (χ2v) is 5.72. The lowest BCUT2D eigenvalue weighted by Gasteiger charge is -2.36. The fourth-order valence-corrected chi connectivity index (χ4v) is 2.90. The van der Waals surface area contributed by atoms with Gasteiger partial charge in [-0.15, -0.1) is 0 Å². The van der Waals surface area contributed by atoms with Crippen molar-refractivity contribution in [1.82, 2.24) is 9.97 Å². The monoisotopic (exact) mass is 343 g/mol. The van der Waals surface area contributed by atoms with Crippen molar-refractivity contribution >= 4 is 29.1 Å². The number of anilines is 2. The largest absolute Gasteiger partial charge is 0.476 e. The van der Waals surface area contributed by atoms with Gasteiger partial charge in [0.15, 0.2) is 5.69 Å². The topological polar surface area (TPSA) is 93.4 Å². The Morgan fingerprint density at radius 3 is 2.42 bits per heavy atom. The van der Waals surface area contributed by atoms with Crippen molar-refractivity contribution in [2.75, 3.05) is 36.0 Å². The molecule has 1 saturated heterocycles. The SMILES string of the molecule is N#Cc1ccc(N2CCN(c3cnc(C(=O)O)cn3)CC2)c(Cl)c1. The fraction of sp³-hybridized carbons (Fsp3) is 0.250. The van der Waals surface area contributed by atoms with Gasteiger partial charge in [0.2, 0.25) is 0 Å². The lowest BCUT2D eigenvalue weighted by molar-refractivity contribution is 0.0690. The summed E-state index contributed by atoms with van der Waals surface area (Å²) < 4.78 is 0. The van der Waals surface area contributed by atoms with Crippen LogP contribution in [0.15, 0.2) is 30.6 Å². The number of hydrogen-bond donors (Lipinski definition) is 1. The zero-order chi connectivity index (χ0) is 17.1. The van der Waals surface area contributed by atoms with Crippen LogP contribution in [0.5, 0.6) is 0 Å². The van der Waals surface area contributed by atoms with Crippen LogP contribution in [-0.4, -0.2) is 47.2 Å². The maximum absolute atomic E-state index is 10.8. The van der Waals surface area contributed by atoms with Crippen LogP contribution in [0.3, 0.4) is 0 Å². The number of carboxylic acids is 1. The van der Waals surface area contributed by atoms with E-state index >= 15 is 0 Å². The summed E-state index contributed by atoms with van der Waals surface area (Å²) in [6.45, 7) is 2.93. The molecule has 1 aliphatic heterocycles. The van der Waals surface area contributed by atoms with E-state index in [1.165, 1.54) is 12.4 Å². The van der Waals surface area contributed by atoms with Crippen LogP contribution >= 0.6 is 11.6 Å². The number of aromatic nitrogens is 2. The van der Waals surface area contributed by atoms with E-state index in [0.717, 1.165) is 31.9 Å². The third-order valence-corrected chi connectivity index (χ3v) is 4.18. The van der Waals surface area contributed by atoms with Gasteiger partial charge in [0, 0.05) is 26.2 Å². The quantitative estimate of drug-likeness (QED) is 0.911. The molecular formula is C16H14ClN5O2. The number of carbonyl (C=O) groups is 1. The summed E-state index contributed by atoms with van der Waals surface area (Å²) in [6.07, 6.45) is 2.75. The van der Waals surface area contributed by atoms with E-state index in [4.69, 9.17) is 22.0 Å². The first kappa shape index (κ1) is 16.0. The highest BCUT2D eigenvalue weighted by Gasteiger charge is 2.20. The molecule has 1 N–H and O–H groups in total. The zero-order valence-electron chi connectivity index (χ0n) is 12.7. The second-order valence-electron chi connectivity index (χ2n) is 5.32. The predicted molar refractivity (Wildman–Crippen MR) is 89.6 cm³/mol. The number of benzene rings is 1. The molecule has 0 aliphatic carbocycles. The highest BCUT2D eigenvalue weighted by Crippen LogP contribution is 2.28. The lowest BCUT2D eigenvalue weighted by atomic mass is 10.2. The van der Waals surface area contributed by atoms with Crippen LogP contribution in [0.4, 0.5) is 11.5 Å². The summed E-state index contributed by atoms with van der Waals surface area (Å²) >= 11 is 6.26. The van der Waals surface area contributed by atoms with Gasteiger partial charge in [-0.05, 0) is 18.2 Å². The Kier molecular flexibility index (Phi) is 4.49. The molecule has 0 atom stereocenters. The van der Waals surface area contributed by atoms with Crippen molar-refractivity contribution in [3.63, 3.8) is 0 Å². The smallest absolute Gasteiger partial charge is 0.356 e. The van der Waals surface area contributed by atoms with Crippen LogP contribution in [0.2, 0.25) is 5.02 Å². The standard InChI is InChI=1S/C16H14ClN5O2/c17-12-7-11(8-18)1-2-14(12)21-3-5-22(6-4-21)15-10-19-13(9-20-15)16(23)24/h1-2,7,9-10H,3-6H2,(H,23,24). The first-order valence-electron chi connectivity index (χ1n) is 7.33. The van der Waals surface area contributed by atoms with E-state index in [-0.39, 0.29) is 5.69 Å². The number of nitrogens with zero attached hydrogens (tertiary/aromatic N) is 5. The van der Waals surface area contributed by atoms with E-state index in [0.29, 0.717) is 16.4 Å². The van der Waals surface area contributed by atoms with Gasteiger partial charge in [0.1, 0.15) is 5.82 Å². The van der Waals surface area contributed by atoms with Crippen molar-refractivity contribution in [3.8, 4) is 6.07 Å². The third kappa shape index (κ3) is 3.24. The van der Waals surface area contributed by atoms with Crippen LogP contribution in [0.25, 0.3) is 0 Å². The Hall–Kier alpha value is -2.85. The molecule has 0 saturated carbocycles. The van der Waals surface area contributed by atoms with Gasteiger partial charge in [-0.1, -0.05) is 11.6 Å². The molecule has 3 rings (SSSR count). The van der Waals surface area contributed by atoms with Gasteiger partial charge in [-0.25, -0.2) is 14.8 Å². The second kappa shape index (κ2) is 6.72. The highest BCUT2D eigenvalue weighted by atomic mass is 35.5. The van der Waals surface area contributed by atoms with Crippen molar-refractivity contribution < 1.29 is 9.90 Å². The van der Waals surface area contributed by atoms with Crippen LogP contribution in [0, 0.1) is 11.3 Å². The average Bonchev–Trinajstić information content (AvgIpc) is 2.62. The van der Waals surface area contributed by atoms with Gasteiger partial charge in [-0.3, -0.25) is 0 Å². The number of nitriles is 1. The molecular weight excluding hydrogens is 330 g/mol. The summed E-state index contributed by atoms with van der Waals surface area (Å²) in [5.74, 6) is -0.431. The Balaban J connectivity index is 1.67. The normalized spacial score (nSPS) is 14.3. The minimum absolute atomic E-state index is 0.0678. The molecule has 0 bridgehead atoms. The van der Waals surface area contributed by atoms with E-state index < -0.39 is 5.97 Å². The first-order chi connectivity index (χ1) is 11.6. The van der Waals surface area contributed by atoms with Crippen molar-refractivity contribution in [2.45, 2.75) is 0 Å². The van der Waals surface area contributed by atoms with E-state index in [1.54, 1.807) is 12.1 Å². The minimum Gasteiger partial charge on any atom is -0.476 e. The summed E-state index contributed by atoms with van der Waals surface area (Å²) in [5, 5.41) is 18.3. The predicted octanol–water partition coefficient (Wildman–Crippen LogP) is 2.03. The molecule has 0 radical (unpaired) electrons. The molecule has 2 heterocycles. The lowest BCUT2D eigenvalue weighted by Crippen LogP contribution is -2.47. The van der Waals surface area contributed by atoms with E-state index in [1.807, 2.05) is 11.0 Å². The van der Waals surface area contributed by atoms with Gasteiger partial charge >= 0.3 is 5.97 Å². The molecule has 0 spiro atoms. The zero-order valence-corrected chi connectivity index (χ0v) is 13.4. The minimum atomic E-state index is -1.09. The highest BCUT2D eigenvalue weighted by molar-refractivity contribution is 6.33.